The maximum Gasteiger partial charge on any atom is 0.416 e. The molecule has 1 amide bonds. The van der Waals surface area contributed by atoms with Gasteiger partial charge in [-0.3, -0.25) is 19.0 Å². The number of alkyl halides is 3. The van der Waals surface area contributed by atoms with E-state index in [4.69, 9.17) is 4.74 Å². The first kappa shape index (κ1) is 23.3. The van der Waals surface area contributed by atoms with E-state index in [-0.39, 0.29) is 22.8 Å². The molecule has 1 N–H and O–H groups in total. The predicted molar refractivity (Wildman–Crippen MR) is 113 cm³/mol. The fourth-order valence-corrected chi connectivity index (χ4v) is 3.91. The van der Waals surface area contributed by atoms with Gasteiger partial charge in [0.1, 0.15) is 10.6 Å². The Balaban J connectivity index is 1.74. The first-order chi connectivity index (χ1) is 15.1. The third kappa shape index (κ3) is 5.44. The van der Waals surface area contributed by atoms with Gasteiger partial charge in [0.05, 0.1) is 12.1 Å². The van der Waals surface area contributed by atoms with Crippen molar-refractivity contribution in [3.63, 3.8) is 0 Å². The Morgan fingerprint density at radius 1 is 1.09 bits per heavy atom. The number of halogens is 3. The van der Waals surface area contributed by atoms with Gasteiger partial charge in [-0.05, 0) is 30.7 Å². The van der Waals surface area contributed by atoms with Crippen molar-refractivity contribution < 1.29 is 27.5 Å². The first-order valence-corrected chi connectivity index (χ1v) is 10.3. The van der Waals surface area contributed by atoms with Gasteiger partial charge in [0.2, 0.25) is 0 Å². The molecule has 1 aromatic heterocycles. The van der Waals surface area contributed by atoms with Crippen molar-refractivity contribution in [3.05, 3.63) is 85.5 Å². The molecule has 0 saturated heterocycles. The number of nitrogens with zero attached hydrogens (tertiary/aromatic N) is 1. The predicted octanol–water partition coefficient (Wildman–Crippen LogP) is 4.14. The highest BCUT2D eigenvalue weighted by molar-refractivity contribution is 7.11. The number of benzene rings is 2. The van der Waals surface area contributed by atoms with Crippen LogP contribution in [0.2, 0.25) is 0 Å². The van der Waals surface area contributed by atoms with Crippen LogP contribution < -0.4 is 14.9 Å². The lowest BCUT2D eigenvalue weighted by Crippen LogP contribution is -2.23. The van der Waals surface area contributed by atoms with E-state index >= 15 is 0 Å². The molecule has 0 unspecified atom stereocenters. The molecule has 3 aromatic rings. The lowest BCUT2D eigenvalue weighted by Gasteiger charge is -2.11. The number of thiazole rings is 1. The number of hydrogen-bond donors (Lipinski definition) is 1. The molecule has 168 valence electrons. The monoisotopic (exact) mass is 464 g/mol. The molecule has 2 aromatic carbocycles. The molecule has 10 heteroatoms. The van der Waals surface area contributed by atoms with Crippen LogP contribution >= 0.6 is 11.3 Å². The van der Waals surface area contributed by atoms with Crippen LogP contribution in [0.15, 0.2) is 53.3 Å². The largest absolute Gasteiger partial charge is 0.426 e. The van der Waals surface area contributed by atoms with Crippen molar-refractivity contribution in [2.45, 2.75) is 33.1 Å². The molecule has 0 aliphatic rings. The molecular formula is C22H19F3N2O4S. The summed E-state index contributed by atoms with van der Waals surface area (Å²) in [6, 6.07) is 11.2. The van der Waals surface area contributed by atoms with E-state index < -0.39 is 23.6 Å². The van der Waals surface area contributed by atoms with Gasteiger partial charge in [0.15, 0.2) is 0 Å². The highest BCUT2D eigenvalue weighted by Crippen LogP contribution is 2.29. The van der Waals surface area contributed by atoms with E-state index in [1.165, 1.54) is 23.6 Å². The van der Waals surface area contributed by atoms with E-state index in [0.717, 1.165) is 23.5 Å². The number of carbonyl (C=O) groups excluding carboxylic acids is 2. The quantitative estimate of drug-likeness (QED) is 0.439. The molecule has 0 spiro atoms. The van der Waals surface area contributed by atoms with Gasteiger partial charge in [-0.25, -0.2) is 0 Å². The zero-order valence-corrected chi connectivity index (χ0v) is 18.0. The lowest BCUT2D eigenvalue weighted by molar-refractivity contribution is -0.137. The topological polar surface area (TPSA) is 77.4 Å². The molecule has 0 atom stereocenters. The van der Waals surface area contributed by atoms with Crippen LogP contribution in [-0.4, -0.2) is 16.4 Å². The number of amides is 1. The van der Waals surface area contributed by atoms with Crippen LogP contribution in [0.4, 0.5) is 13.2 Å². The van der Waals surface area contributed by atoms with E-state index in [2.05, 4.69) is 5.32 Å². The molecule has 0 aliphatic carbocycles. The van der Waals surface area contributed by atoms with Crippen molar-refractivity contribution in [2.75, 3.05) is 0 Å². The summed E-state index contributed by atoms with van der Waals surface area (Å²) in [5, 5.41) is 2.62. The van der Waals surface area contributed by atoms with E-state index in [0.29, 0.717) is 22.6 Å². The molecule has 0 radical (unpaired) electrons. The second-order valence-corrected chi connectivity index (χ2v) is 7.91. The van der Waals surface area contributed by atoms with Gasteiger partial charge in [-0.1, -0.05) is 41.7 Å². The standard InChI is InChI=1S/C22H19F3N2O4S/c1-13-19(20(29)26-11-15-7-9-17(10-8-15)22(23,24)25)32-21(30)27(13)12-16-5-3-4-6-18(16)31-14(2)28/h3-10H,11-12H2,1-2H3,(H,26,29). The molecule has 0 saturated carbocycles. The second kappa shape index (κ2) is 9.39. The summed E-state index contributed by atoms with van der Waals surface area (Å²) in [5.41, 5.74) is 0.754. The van der Waals surface area contributed by atoms with Gasteiger partial charge in [-0.2, -0.15) is 13.2 Å². The van der Waals surface area contributed by atoms with Crippen molar-refractivity contribution in [1.82, 2.24) is 9.88 Å². The van der Waals surface area contributed by atoms with Gasteiger partial charge >= 0.3 is 17.0 Å². The van der Waals surface area contributed by atoms with Crippen LogP contribution in [0.1, 0.15) is 39.0 Å². The average molecular weight is 464 g/mol. The average Bonchev–Trinajstić information content (AvgIpc) is 3.01. The molecule has 0 bridgehead atoms. The van der Waals surface area contributed by atoms with Crippen LogP contribution in [0, 0.1) is 6.92 Å². The minimum atomic E-state index is -4.43. The number of hydrogen-bond acceptors (Lipinski definition) is 5. The number of rotatable bonds is 6. The Kier molecular flexibility index (Phi) is 6.83. The fraction of sp³-hybridized carbons (Fsp3) is 0.227. The Morgan fingerprint density at radius 3 is 2.38 bits per heavy atom. The smallest absolute Gasteiger partial charge is 0.416 e. The summed E-state index contributed by atoms with van der Waals surface area (Å²) in [5.74, 6) is -0.669. The van der Waals surface area contributed by atoms with Crippen molar-refractivity contribution in [3.8, 4) is 5.75 Å². The van der Waals surface area contributed by atoms with Crippen LogP contribution in [0.25, 0.3) is 0 Å². The summed E-state index contributed by atoms with van der Waals surface area (Å²) >= 11 is 0.768. The van der Waals surface area contributed by atoms with Gasteiger partial charge < -0.3 is 10.1 Å². The van der Waals surface area contributed by atoms with Crippen molar-refractivity contribution in [1.29, 1.82) is 0 Å². The Bertz CT molecular complexity index is 1200. The summed E-state index contributed by atoms with van der Waals surface area (Å²) in [6.07, 6.45) is -4.43. The highest BCUT2D eigenvalue weighted by atomic mass is 32.1. The first-order valence-electron chi connectivity index (χ1n) is 9.47. The van der Waals surface area contributed by atoms with E-state index in [1.54, 1.807) is 31.2 Å². The molecule has 3 rings (SSSR count). The molecule has 32 heavy (non-hydrogen) atoms. The zero-order valence-electron chi connectivity index (χ0n) is 17.2. The minimum absolute atomic E-state index is 0.0117. The normalized spacial score (nSPS) is 11.3. The van der Waals surface area contributed by atoms with Crippen LogP contribution in [0.3, 0.4) is 0 Å². The number of para-hydroxylation sites is 1. The van der Waals surface area contributed by atoms with Crippen molar-refractivity contribution >= 4 is 23.2 Å². The van der Waals surface area contributed by atoms with Gasteiger partial charge in [-0.15, -0.1) is 0 Å². The van der Waals surface area contributed by atoms with E-state index in [9.17, 15) is 27.6 Å². The molecule has 0 fully saturated rings. The summed E-state index contributed by atoms with van der Waals surface area (Å²) < 4.78 is 44.5. The van der Waals surface area contributed by atoms with Crippen LogP contribution in [-0.2, 0) is 24.1 Å². The lowest BCUT2D eigenvalue weighted by atomic mass is 10.1. The SMILES string of the molecule is CC(=O)Oc1ccccc1Cn1c(C)c(C(=O)NCc2ccc(C(F)(F)F)cc2)sc1=O. The molecular weight excluding hydrogens is 445 g/mol. The summed E-state index contributed by atoms with van der Waals surface area (Å²) in [6.45, 7) is 3.02. The third-order valence-electron chi connectivity index (χ3n) is 4.64. The number of ether oxygens (including phenoxy) is 1. The van der Waals surface area contributed by atoms with Crippen molar-refractivity contribution in [2.24, 2.45) is 0 Å². The Hall–Kier alpha value is -3.40. The number of nitrogens with one attached hydrogen (secondary N) is 1. The maximum absolute atomic E-state index is 12.7. The Morgan fingerprint density at radius 2 is 1.75 bits per heavy atom. The van der Waals surface area contributed by atoms with E-state index in [1.807, 2.05) is 0 Å². The number of esters is 1. The number of aromatic nitrogens is 1. The molecule has 0 aliphatic heterocycles. The number of carbonyl (C=O) groups is 2. The summed E-state index contributed by atoms with van der Waals surface area (Å²) in [4.78, 5) is 36.2. The second-order valence-electron chi connectivity index (χ2n) is 6.95. The van der Waals surface area contributed by atoms with Gasteiger partial charge in [0, 0.05) is 24.7 Å². The fourth-order valence-electron chi connectivity index (χ4n) is 3.00. The Labute approximate surface area is 185 Å². The van der Waals surface area contributed by atoms with Crippen LogP contribution in [0.5, 0.6) is 5.75 Å². The zero-order chi connectivity index (χ0) is 23.5. The highest BCUT2D eigenvalue weighted by Gasteiger charge is 2.30. The maximum atomic E-state index is 12.7. The third-order valence-corrected chi connectivity index (χ3v) is 5.72. The molecule has 6 nitrogen and oxygen atoms in total. The summed E-state index contributed by atoms with van der Waals surface area (Å²) in [7, 11) is 0. The molecule has 1 heterocycles. The van der Waals surface area contributed by atoms with Gasteiger partial charge in [0.25, 0.3) is 5.91 Å². The minimum Gasteiger partial charge on any atom is -0.426 e.